The molecular weight excluding hydrogens is 383 g/mol. The summed E-state index contributed by atoms with van der Waals surface area (Å²) in [5.74, 6) is 1.13. The normalized spacial score (nSPS) is 12.0. The van der Waals surface area contributed by atoms with Crippen molar-refractivity contribution in [3.8, 4) is 11.6 Å². The Bertz CT molecular complexity index is 809. The Balaban J connectivity index is 2.12. The van der Waals surface area contributed by atoms with Crippen LogP contribution in [0.3, 0.4) is 0 Å². The molecule has 0 amide bonds. The van der Waals surface area contributed by atoms with Crippen LogP contribution in [0.1, 0.15) is 45.6 Å². The van der Waals surface area contributed by atoms with Crippen molar-refractivity contribution in [1.82, 2.24) is 15.6 Å². The highest BCUT2D eigenvalue weighted by atomic mass is 19.1. The summed E-state index contributed by atoms with van der Waals surface area (Å²) in [5, 5.41) is 16.1. The largest absolute Gasteiger partial charge is 0.439 e. The fraction of sp³-hybridized carbons (Fsp3) is 0.478. The zero-order valence-electron chi connectivity index (χ0n) is 18.1. The van der Waals surface area contributed by atoms with Gasteiger partial charge in [-0.15, -0.1) is 0 Å². The van der Waals surface area contributed by atoms with Crippen LogP contribution in [0.2, 0.25) is 0 Å². The lowest BCUT2D eigenvalue weighted by molar-refractivity contribution is 0.169. The molecule has 1 aromatic heterocycles. The van der Waals surface area contributed by atoms with Crippen LogP contribution in [-0.2, 0) is 6.54 Å². The number of halogens is 1. The van der Waals surface area contributed by atoms with E-state index in [2.05, 4.69) is 34.5 Å². The maximum Gasteiger partial charge on any atom is 0.224 e. The number of nitrogens with one attached hydrogen (secondary N) is 2. The van der Waals surface area contributed by atoms with Crippen molar-refractivity contribution in [3.63, 3.8) is 0 Å². The minimum atomic E-state index is -0.361. The molecule has 164 valence electrons. The van der Waals surface area contributed by atoms with Crippen LogP contribution in [0, 0.1) is 11.2 Å². The molecule has 0 aliphatic heterocycles. The SMILES string of the molecule is CCNC(=NCc1cccnc1Oc1cccc(F)c1)NCC(CC)(CC)CCO. The van der Waals surface area contributed by atoms with Crippen LogP contribution < -0.4 is 15.4 Å². The molecule has 2 rings (SSSR count). The summed E-state index contributed by atoms with van der Waals surface area (Å²) in [4.78, 5) is 8.95. The fourth-order valence-corrected chi connectivity index (χ4v) is 3.23. The lowest BCUT2D eigenvalue weighted by Gasteiger charge is -2.32. The molecule has 0 saturated heterocycles. The van der Waals surface area contributed by atoms with E-state index in [1.807, 2.05) is 19.1 Å². The summed E-state index contributed by atoms with van der Waals surface area (Å²) in [7, 11) is 0. The van der Waals surface area contributed by atoms with Crippen LogP contribution in [0.15, 0.2) is 47.6 Å². The van der Waals surface area contributed by atoms with E-state index in [1.54, 1.807) is 18.3 Å². The van der Waals surface area contributed by atoms with E-state index in [1.165, 1.54) is 12.1 Å². The molecule has 0 atom stereocenters. The van der Waals surface area contributed by atoms with Gasteiger partial charge < -0.3 is 20.5 Å². The topological polar surface area (TPSA) is 78.8 Å². The van der Waals surface area contributed by atoms with E-state index in [4.69, 9.17) is 4.74 Å². The molecule has 3 N–H and O–H groups in total. The van der Waals surface area contributed by atoms with Crippen LogP contribution in [0.5, 0.6) is 11.6 Å². The molecule has 0 spiro atoms. The monoisotopic (exact) mass is 416 g/mol. The van der Waals surface area contributed by atoms with Gasteiger partial charge in [0.05, 0.1) is 6.54 Å². The smallest absolute Gasteiger partial charge is 0.224 e. The number of hydrogen-bond donors (Lipinski definition) is 3. The average Bonchev–Trinajstić information content (AvgIpc) is 2.76. The number of nitrogens with zero attached hydrogens (tertiary/aromatic N) is 2. The van der Waals surface area contributed by atoms with Gasteiger partial charge in [-0.3, -0.25) is 0 Å². The molecular formula is C23H33FN4O2. The van der Waals surface area contributed by atoms with E-state index in [9.17, 15) is 9.50 Å². The van der Waals surface area contributed by atoms with Gasteiger partial charge in [0.15, 0.2) is 5.96 Å². The van der Waals surface area contributed by atoms with Crippen molar-refractivity contribution in [2.75, 3.05) is 19.7 Å². The van der Waals surface area contributed by atoms with Crippen molar-refractivity contribution in [3.05, 3.63) is 54.0 Å². The summed E-state index contributed by atoms with van der Waals surface area (Å²) in [5.41, 5.74) is 0.830. The van der Waals surface area contributed by atoms with E-state index < -0.39 is 0 Å². The molecule has 6 nitrogen and oxygen atoms in total. The van der Waals surface area contributed by atoms with Gasteiger partial charge in [-0.1, -0.05) is 26.0 Å². The van der Waals surface area contributed by atoms with Crippen molar-refractivity contribution >= 4 is 5.96 Å². The van der Waals surface area contributed by atoms with Gasteiger partial charge >= 0.3 is 0 Å². The Morgan fingerprint density at radius 3 is 2.63 bits per heavy atom. The van der Waals surface area contributed by atoms with Gasteiger partial charge in [0.2, 0.25) is 5.88 Å². The van der Waals surface area contributed by atoms with Crippen LogP contribution in [0.25, 0.3) is 0 Å². The van der Waals surface area contributed by atoms with Crippen molar-refractivity contribution in [2.24, 2.45) is 10.4 Å². The first-order valence-electron chi connectivity index (χ1n) is 10.6. The van der Waals surface area contributed by atoms with E-state index in [0.717, 1.165) is 37.9 Å². The molecule has 1 aromatic carbocycles. The van der Waals surface area contributed by atoms with Gasteiger partial charge in [-0.05, 0) is 49.8 Å². The van der Waals surface area contributed by atoms with Crippen LogP contribution >= 0.6 is 0 Å². The summed E-state index contributed by atoms with van der Waals surface area (Å²) in [6, 6.07) is 9.69. The molecule has 0 aliphatic rings. The lowest BCUT2D eigenvalue weighted by atomic mass is 9.79. The van der Waals surface area contributed by atoms with Crippen LogP contribution in [-0.4, -0.2) is 35.7 Å². The van der Waals surface area contributed by atoms with Gasteiger partial charge in [-0.2, -0.15) is 0 Å². The predicted molar refractivity (Wildman–Crippen MR) is 118 cm³/mol. The summed E-state index contributed by atoms with van der Waals surface area (Å²) < 4.78 is 19.2. The lowest BCUT2D eigenvalue weighted by Crippen LogP contribution is -2.43. The van der Waals surface area contributed by atoms with Crippen molar-refractivity contribution < 1.29 is 14.2 Å². The third kappa shape index (κ3) is 6.99. The van der Waals surface area contributed by atoms with E-state index in [-0.39, 0.29) is 17.8 Å². The summed E-state index contributed by atoms with van der Waals surface area (Å²) in [6.07, 6.45) is 4.34. The highest BCUT2D eigenvalue weighted by Crippen LogP contribution is 2.29. The molecule has 1 heterocycles. The Morgan fingerprint density at radius 2 is 1.97 bits per heavy atom. The van der Waals surface area contributed by atoms with Crippen LogP contribution in [0.4, 0.5) is 4.39 Å². The number of aliphatic imine (C=N–C) groups is 1. The Hall–Kier alpha value is -2.67. The molecule has 7 heteroatoms. The molecule has 2 aromatic rings. The van der Waals surface area contributed by atoms with Gasteiger partial charge in [0, 0.05) is 37.5 Å². The minimum absolute atomic E-state index is 0.0326. The molecule has 0 aliphatic carbocycles. The maximum atomic E-state index is 13.4. The molecule has 0 saturated carbocycles. The second-order valence-corrected chi connectivity index (χ2v) is 7.26. The first-order valence-corrected chi connectivity index (χ1v) is 10.6. The Morgan fingerprint density at radius 1 is 1.17 bits per heavy atom. The number of hydrogen-bond acceptors (Lipinski definition) is 4. The van der Waals surface area contributed by atoms with E-state index >= 15 is 0 Å². The van der Waals surface area contributed by atoms with Crippen molar-refractivity contribution in [1.29, 1.82) is 0 Å². The number of pyridine rings is 1. The second-order valence-electron chi connectivity index (χ2n) is 7.26. The number of aromatic nitrogens is 1. The summed E-state index contributed by atoms with van der Waals surface area (Å²) in [6.45, 7) is 8.31. The molecule has 0 fully saturated rings. The highest BCUT2D eigenvalue weighted by Gasteiger charge is 2.25. The maximum absolute atomic E-state index is 13.4. The standard InChI is InChI=1S/C23H33FN4O2/c1-4-23(5-2,12-14-29)17-28-22(25-6-3)27-16-18-9-8-13-26-21(18)30-20-11-7-10-19(24)15-20/h7-11,13,15,29H,4-6,12,14,16-17H2,1-3H3,(H2,25,27,28). The molecule has 0 bridgehead atoms. The van der Waals surface area contributed by atoms with Crippen molar-refractivity contribution in [2.45, 2.75) is 46.6 Å². The third-order valence-corrected chi connectivity index (χ3v) is 5.39. The number of aliphatic hydroxyl groups excluding tert-OH is 1. The first kappa shape index (κ1) is 23.6. The zero-order chi connectivity index (χ0) is 21.8. The number of ether oxygens (including phenoxy) is 1. The number of rotatable bonds is 11. The highest BCUT2D eigenvalue weighted by molar-refractivity contribution is 5.79. The Kier molecular flexibility index (Phi) is 9.54. The Labute approximate surface area is 178 Å². The predicted octanol–water partition coefficient (Wildman–Crippen LogP) is 4.26. The van der Waals surface area contributed by atoms with Gasteiger partial charge in [0.25, 0.3) is 0 Å². The number of guanidine groups is 1. The van der Waals surface area contributed by atoms with Gasteiger partial charge in [0.1, 0.15) is 11.6 Å². The average molecular weight is 417 g/mol. The molecule has 0 unspecified atom stereocenters. The molecule has 0 radical (unpaired) electrons. The third-order valence-electron chi connectivity index (χ3n) is 5.39. The quantitative estimate of drug-likeness (QED) is 0.377. The summed E-state index contributed by atoms with van der Waals surface area (Å²) >= 11 is 0. The number of aliphatic hydroxyl groups is 1. The van der Waals surface area contributed by atoms with E-state index in [0.29, 0.717) is 24.1 Å². The number of benzene rings is 1. The second kappa shape index (κ2) is 12.1. The zero-order valence-corrected chi connectivity index (χ0v) is 18.1. The first-order chi connectivity index (χ1) is 14.6. The molecule has 30 heavy (non-hydrogen) atoms. The minimum Gasteiger partial charge on any atom is -0.439 e. The van der Waals surface area contributed by atoms with Gasteiger partial charge in [-0.25, -0.2) is 14.4 Å². The fourth-order valence-electron chi connectivity index (χ4n) is 3.23.